The van der Waals surface area contributed by atoms with E-state index in [9.17, 15) is 9.18 Å². The van der Waals surface area contributed by atoms with Gasteiger partial charge in [0.1, 0.15) is 5.82 Å². The number of amides is 1. The van der Waals surface area contributed by atoms with Crippen molar-refractivity contribution in [2.24, 2.45) is 0 Å². The summed E-state index contributed by atoms with van der Waals surface area (Å²) in [7, 11) is 0. The number of benzene rings is 1. The molecule has 1 aromatic carbocycles. The van der Waals surface area contributed by atoms with Crippen molar-refractivity contribution in [2.45, 2.75) is 33.1 Å². The Hall–Kier alpha value is -2.89. The number of anilines is 2. The number of unbranched alkanes of at least 4 members (excludes halogenated alkanes) is 2. The number of aromatic nitrogens is 1. The van der Waals surface area contributed by atoms with Gasteiger partial charge in [-0.25, -0.2) is 9.37 Å². The van der Waals surface area contributed by atoms with Crippen LogP contribution in [0.4, 0.5) is 15.9 Å². The van der Waals surface area contributed by atoms with Crippen molar-refractivity contribution >= 4 is 17.4 Å². The molecule has 1 amide bonds. The van der Waals surface area contributed by atoms with E-state index in [2.05, 4.69) is 16.9 Å². The third-order valence-electron chi connectivity index (χ3n) is 4.01. The molecule has 3 N–H and O–H groups in total. The number of carbonyl (C=O) groups is 1. The highest BCUT2D eigenvalue weighted by Gasteiger charge is 2.16. The molecule has 26 heavy (non-hydrogen) atoms. The molecule has 0 radical (unpaired) electrons. The Bertz CT molecular complexity index is 806. The molecule has 0 saturated heterocycles. The first-order valence-corrected chi connectivity index (χ1v) is 8.51. The fourth-order valence-corrected chi connectivity index (χ4v) is 2.39. The molecule has 1 aromatic heterocycles. The average molecular weight is 357 g/mol. The number of nitrogens with one attached hydrogen (secondary N) is 1. The summed E-state index contributed by atoms with van der Waals surface area (Å²) in [5, 5.41) is 2.54. The predicted octanol–water partition coefficient (Wildman–Crippen LogP) is 4.41. The van der Waals surface area contributed by atoms with Gasteiger partial charge < -0.3 is 15.8 Å². The lowest BCUT2D eigenvalue weighted by Gasteiger charge is -2.12. The van der Waals surface area contributed by atoms with Gasteiger partial charge in [0, 0.05) is 5.69 Å². The molecule has 0 saturated carbocycles. The number of allylic oxidation sites excluding steroid dienone is 1. The fourth-order valence-electron chi connectivity index (χ4n) is 2.39. The molecule has 2 rings (SSSR count). The van der Waals surface area contributed by atoms with E-state index in [1.54, 1.807) is 12.1 Å². The van der Waals surface area contributed by atoms with Crippen molar-refractivity contribution in [3.05, 3.63) is 59.6 Å². The maximum Gasteiger partial charge on any atom is 0.259 e. The zero-order chi connectivity index (χ0) is 19.1. The van der Waals surface area contributed by atoms with E-state index in [0.29, 0.717) is 6.61 Å². The number of hydrogen-bond acceptors (Lipinski definition) is 4. The lowest BCUT2D eigenvalue weighted by molar-refractivity contribution is 0.102. The zero-order valence-corrected chi connectivity index (χ0v) is 15.1. The average Bonchev–Trinajstić information content (AvgIpc) is 2.60. The maximum atomic E-state index is 14.6. The van der Waals surface area contributed by atoms with Gasteiger partial charge in [-0.15, -0.1) is 6.58 Å². The van der Waals surface area contributed by atoms with Gasteiger partial charge >= 0.3 is 0 Å². The molecule has 0 aliphatic heterocycles. The van der Waals surface area contributed by atoms with Crippen LogP contribution in [0.5, 0.6) is 5.75 Å². The Labute approximate surface area is 153 Å². The number of rotatable bonds is 8. The van der Waals surface area contributed by atoms with Crippen LogP contribution in [0, 0.1) is 19.7 Å². The number of pyridine rings is 1. The normalized spacial score (nSPS) is 10.4. The van der Waals surface area contributed by atoms with E-state index in [1.807, 2.05) is 19.9 Å². The monoisotopic (exact) mass is 357 g/mol. The van der Waals surface area contributed by atoms with E-state index < -0.39 is 11.7 Å². The van der Waals surface area contributed by atoms with Crippen LogP contribution in [0.3, 0.4) is 0 Å². The standard InChI is InChI=1S/C20H24FN3O2/c1-4-5-6-7-11-26-17-10-8-9-16(18(17)21)24-20(25)15-12-13(2)14(3)23-19(15)22/h4,8-10,12H,1,5-7,11H2,2-3H3,(H2,22,23)(H,24,25). The van der Waals surface area contributed by atoms with Crippen LogP contribution in [-0.2, 0) is 0 Å². The summed E-state index contributed by atoms with van der Waals surface area (Å²) in [6, 6.07) is 6.28. The molecule has 0 bridgehead atoms. The van der Waals surface area contributed by atoms with Crippen molar-refractivity contribution in [2.75, 3.05) is 17.7 Å². The lowest BCUT2D eigenvalue weighted by atomic mass is 10.1. The minimum atomic E-state index is -0.611. The SMILES string of the molecule is C=CCCCCOc1cccc(NC(=O)c2cc(C)c(C)nc2N)c1F. The smallest absolute Gasteiger partial charge is 0.259 e. The summed E-state index contributed by atoms with van der Waals surface area (Å²) >= 11 is 0. The van der Waals surface area contributed by atoms with E-state index in [-0.39, 0.29) is 22.8 Å². The topological polar surface area (TPSA) is 77.2 Å². The quantitative estimate of drug-likeness (QED) is 0.542. The molecule has 0 aliphatic rings. The molecular weight excluding hydrogens is 333 g/mol. The Morgan fingerprint density at radius 2 is 2.15 bits per heavy atom. The van der Waals surface area contributed by atoms with Gasteiger partial charge in [-0.3, -0.25) is 4.79 Å². The first kappa shape index (κ1) is 19.4. The van der Waals surface area contributed by atoms with Gasteiger partial charge in [0.15, 0.2) is 11.6 Å². The summed E-state index contributed by atoms with van der Waals surface area (Å²) in [6.07, 6.45) is 4.46. The number of halogens is 1. The van der Waals surface area contributed by atoms with Crippen LogP contribution in [-0.4, -0.2) is 17.5 Å². The molecular formula is C20H24FN3O2. The molecule has 6 heteroatoms. The van der Waals surface area contributed by atoms with Gasteiger partial charge in [0.2, 0.25) is 0 Å². The van der Waals surface area contributed by atoms with E-state index in [1.165, 1.54) is 12.1 Å². The second-order valence-corrected chi connectivity index (χ2v) is 6.03. The molecule has 0 unspecified atom stereocenters. The molecule has 0 fully saturated rings. The largest absolute Gasteiger partial charge is 0.490 e. The summed E-state index contributed by atoms with van der Waals surface area (Å²) in [6.45, 7) is 7.70. The fraction of sp³-hybridized carbons (Fsp3) is 0.300. The van der Waals surface area contributed by atoms with Crippen LogP contribution in [0.25, 0.3) is 0 Å². The molecule has 2 aromatic rings. The number of carbonyl (C=O) groups excluding carboxylic acids is 1. The van der Waals surface area contributed by atoms with Crippen molar-refractivity contribution in [3.63, 3.8) is 0 Å². The van der Waals surface area contributed by atoms with Crippen LogP contribution in [0.1, 0.15) is 40.9 Å². The van der Waals surface area contributed by atoms with E-state index in [0.717, 1.165) is 30.5 Å². The molecule has 0 atom stereocenters. The summed E-state index contributed by atoms with van der Waals surface area (Å²) in [5.74, 6) is -0.909. The summed E-state index contributed by atoms with van der Waals surface area (Å²) < 4.78 is 20.0. The third-order valence-corrected chi connectivity index (χ3v) is 4.01. The van der Waals surface area contributed by atoms with E-state index in [4.69, 9.17) is 10.5 Å². The minimum absolute atomic E-state index is 0.0382. The molecule has 1 heterocycles. The van der Waals surface area contributed by atoms with Crippen molar-refractivity contribution in [1.82, 2.24) is 4.98 Å². The van der Waals surface area contributed by atoms with Crippen LogP contribution in [0.15, 0.2) is 36.9 Å². The Balaban J connectivity index is 2.10. The number of hydrogen-bond donors (Lipinski definition) is 2. The van der Waals surface area contributed by atoms with Crippen LogP contribution in [0.2, 0.25) is 0 Å². The number of nitrogens with two attached hydrogens (primary N) is 1. The Kier molecular flexibility index (Phi) is 6.72. The maximum absolute atomic E-state index is 14.6. The number of nitrogens with zero attached hydrogens (tertiary/aromatic N) is 1. The Morgan fingerprint density at radius 3 is 2.88 bits per heavy atom. The summed E-state index contributed by atoms with van der Waals surface area (Å²) in [5.41, 5.74) is 7.65. The van der Waals surface area contributed by atoms with Gasteiger partial charge in [-0.05, 0) is 56.9 Å². The van der Waals surface area contributed by atoms with Gasteiger partial charge in [-0.1, -0.05) is 12.1 Å². The molecule has 138 valence electrons. The highest BCUT2D eigenvalue weighted by atomic mass is 19.1. The van der Waals surface area contributed by atoms with Crippen molar-refractivity contribution in [3.8, 4) is 5.75 Å². The van der Waals surface area contributed by atoms with Gasteiger partial charge in [0.25, 0.3) is 5.91 Å². The lowest BCUT2D eigenvalue weighted by Crippen LogP contribution is -2.17. The predicted molar refractivity (Wildman–Crippen MR) is 102 cm³/mol. The number of aryl methyl sites for hydroxylation is 2. The minimum Gasteiger partial charge on any atom is -0.490 e. The highest BCUT2D eigenvalue weighted by molar-refractivity contribution is 6.07. The highest BCUT2D eigenvalue weighted by Crippen LogP contribution is 2.26. The molecule has 5 nitrogen and oxygen atoms in total. The molecule has 0 spiro atoms. The summed E-state index contributed by atoms with van der Waals surface area (Å²) in [4.78, 5) is 16.6. The van der Waals surface area contributed by atoms with Gasteiger partial charge in [-0.2, -0.15) is 0 Å². The van der Waals surface area contributed by atoms with Crippen molar-refractivity contribution in [1.29, 1.82) is 0 Å². The third kappa shape index (κ3) is 4.81. The van der Waals surface area contributed by atoms with Crippen LogP contribution < -0.4 is 15.8 Å². The molecule has 0 aliphatic carbocycles. The zero-order valence-electron chi connectivity index (χ0n) is 15.1. The van der Waals surface area contributed by atoms with Crippen LogP contribution >= 0.6 is 0 Å². The van der Waals surface area contributed by atoms with Gasteiger partial charge in [0.05, 0.1) is 17.9 Å². The Morgan fingerprint density at radius 1 is 1.38 bits per heavy atom. The second-order valence-electron chi connectivity index (χ2n) is 6.03. The number of nitrogen functional groups attached to an aromatic ring is 1. The second kappa shape index (κ2) is 8.99. The number of ether oxygens (including phenoxy) is 1. The first-order valence-electron chi connectivity index (χ1n) is 8.51. The first-order chi connectivity index (χ1) is 12.4. The van der Waals surface area contributed by atoms with E-state index >= 15 is 0 Å². The van der Waals surface area contributed by atoms with Crippen molar-refractivity contribution < 1.29 is 13.9 Å².